The van der Waals surface area contributed by atoms with Crippen LogP contribution < -0.4 is 11.3 Å². The quantitative estimate of drug-likeness (QED) is 0.898. The van der Waals surface area contributed by atoms with Crippen molar-refractivity contribution in [3.05, 3.63) is 52.3 Å². The number of methoxy groups -OCH3 is 1. The Morgan fingerprint density at radius 3 is 2.65 bits per heavy atom. The molecule has 1 aromatic heterocycles. The van der Waals surface area contributed by atoms with Crippen molar-refractivity contribution in [3.63, 3.8) is 0 Å². The van der Waals surface area contributed by atoms with Crippen molar-refractivity contribution in [1.29, 1.82) is 0 Å². The number of hydrogen-bond acceptors (Lipinski definition) is 4. The second-order valence-corrected chi connectivity index (χ2v) is 4.66. The van der Waals surface area contributed by atoms with Crippen LogP contribution in [0.4, 0.5) is 0 Å². The third kappa shape index (κ3) is 3.12. The SMILES string of the molecule is COCCn1nc(-c2ccccc2)cc(C(C)N)c1=O. The average Bonchev–Trinajstić information content (AvgIpc) is 2.46. The van der Waals surface area contributed by atoms with Gasteiger partial charge < -0.3 is 10.5 Å². The Morgan fingerprint density at radius 2 is 2.05 bits per heavy atom. The van der Waals surface area contributed by atoms with Crippen molar-refractivity contribution in [3.8, 4) is 11.3 Å². The Morgan fingerprint density at radius 1 is 1.35 bits per heavy atom. The van der Waals surface area contributed by atoms with Gasteiger partial charge in [0.05, 0.1) is 18.8 Å². The Balaban J connectivity index is 2.53. The molecular formula is C15H19N3O2. The van der Waals surface area contributed by atoms with Crippen LogP contribution in [0.3, 0.4) is 0 Å². The van der Waals surface area contributed by atoms with E-state index in [2.05, 4.69) is 5.10 Å². The lowest BCUT2D eigenvalue weighted by Gasteiger charge is -2.12. The number of nitrogens with two attached hydrogens (primary N) is 1. The van der Waals surface area contributed by atoms with Crippen LogP contribution in [0.25, 0.3) is 11.3 Å². The molecule has 0 radical (unpaired) electrons. The van der Waals surface area contributed by atoms with Crippen molar-refractivity contribution in [2.45, 2.75) is 19.5 Å². The average molecular weight is 273 g/mol. The molecule has 1 atom stereocenters. The second-order valence-electron chi connectivity index (χ2n) is 4.66. The highest BCUT2D eigenvalue weighted by Crippen LogP contribution is 2.17. The zero-order valence-corrected chi connectivity index (χ0v) is 11.7. The van der Waals surface area contributed by atoms with Gasteiger partial charge in [-0.05, 0) is 13.0 Å². The predicted molar refractivity (Wildman–Crippen MR) is 78.4 cm³/mol. The lowest BCUT2D eigenvalue weighted by Crippen LogP contribution is -2.30. The summed E-state index contributed by atoms with van der Waals surface area (Å²) in [5.41, 5.74) is 8.00. The molecule has 20 heavy (non-hydrogen) atoms. The molecule has 106 valence electrons. The highest BCUT2D eigenvalue weighted by molar-refractivity contribution is 5.58. The van der Waals surface area contributed by atoms with Crippen LogP contribution >= 0.6 is 0 Å². The molecule has 0 aliphatic heterocycles. The molecular weight excluding hydrogens is 254 g/mol. The first-order chi connectivity index (χ1) is 9.63. The molecule has 0 aliphatic rings. The van der Waals surface area contributed by atoms with Crippen LogP contribution in [-0.4, -0.2) is 23.5 Å². The summed E-state index contributed by atoms with van der Waals surface area (Å²) < 4.78 is 6.44. The summed E-state index contributed by atoms with van der Waals surface area (Å²) in [6.07, 6.45) is 0. The van der Waals surface area contributed by atoms with Gasteiger partial charge in [-0.2, -0.15) is 5.10 Å². The molecule has 5 nitrogen and oxygen atoms in total. The maximum absolute atomic E-state index is 12.3. The summed E-state index contributed by atoms with van der Waals surface area (Å²) >= 11 is 0. The van der Waals surface area contributed by atoms with Crippen molar-refractivity contribution in [2.24, 2.45) is 5.73 Å². The van der Waals surface area contributed by atoms with Gasteiger partial charge >= 0.3 is 0 Å². The van der Waals surface area contributed by atoms with Gasteiger partial charge in [-0.15, -0.1) is 0 Å². The summed E-state index contributed by atoms with van der Waals surface area (Å²) in [7, 11) is 1.60. The molecule has 5 heteroatoms. The number of ether oxygens (including phenoxy) is 1. The predicted octanol–water partition coefficient (Wildman–Crippen LogP) is 1.58. The zero-order valence-electron chi connectivity index (χ0n) is 11.7. The van der Waals surface area contributed by atoms with E-state index in [1.807, 2.05) is 30.3 Å². The van der Waals surface area contributed by atoms with Gasteiger partial charge in [0.15, 0.2) is 0 Å². The monoisotopic (exact) mass is 273 g/mol. The lowest BCUT2D eigenvalue weighted by atomic mass is 10.1. The molecule has 2 N–H and O–H groups in total. The van der Waals surface area contributed by atoms with Crippen molar-refractivity contribution in [2.75, 3.05) is 13.7 Å². The first kappa shape index (κ1) is 14.4. The molecule has 2 aromatic rings. The third-order valence-electron chi connectivity index (χ3n) is 3.07. The summed E-state index contributed by atoms with van der Waals surface area (Å²) in [5.74, 6) is 0. The number of nitrogens with zero attached hydrogens (tertiary/aromatic N) is 2. The molecule has 2 rings (SSSR count). The van der Waals surface area contributed by atoms with Gasteiger partial charge in [-0.1, -0.05) is 30.3 Å². The van der Waals surface area contributed by atoms with Crippen LogP contribution in [0.2, 0.25) is 0 Å². The van der Waals surface area contributed by atoms with Gasteiger partial charge in [0.25, 0.3) is 5.56 Å². The summed E-state index contributed by atoms with van der Waals surface area (Å²) in [6, 6.07) is 11.2. The van der Waals surface area contributed by atoms with E-state index in [1.54, 1.807) is 20.1 Å². The summed E-state index contributed by atoms with van der Waals surface area (Å²) in [4.78, 5) is 12.3. The topological polar surface area (TPSA) is 70.1 Å². The minimum Gasteiger partial charge on any atom is -0.383 e. The number of aromatic nitrogens is 2. The minimum atomic E-state index is -0.332. The molecule has 0 aliphatic carbocycles. The smallest absolute Gasteiger partial charge is 0.271 e. The van der Waals surface area contributed by atoms with Crippen LogP contribution in [0.1, 0.15) is 18.5 Å². The van der Waals surface area contributed by atoms with Crippen LogP contribution in [0.15, 0.2) is 41.2 Å². The standard InChI is InChI=1S/C15H19N3O2/c1-11(16)13-10-14(12-6-4-3-5-7-12)17-18(15(13)19)8-9-20-2/h3-7,10-11H,8-9,16H2,1-2H3. The third-order valence-corrected chi connectivity index (χ3v) is 3.07. The lowest BCUT2D eigenvalue weighted by molar-refractivity contribution is 0.181. The number of benzene rings is 1. The van der Waals surface area contributed by atoms with Crippen molar-refractivity contribution in [1.82, 2.24) is 9.78 Å². The molecule has 0 spiro atoms. The minimum absolute atomic E-state index is 0.156. The maximum atomic E-state index is 12.3. The van der Waals surface area contributed by atoms with E-state index < -0.39 is 0 Å². The zero-order chi connectivity index (χ0) is 14.5. The molecule has 0 saturated carbocycles. The van der Waals surface area contributed by atoms with Crippen molar-refractivity contribution < 1.29 is 4.74 Å². The van der Waals surface area contributed by atoms with Crippen LogP contribution in [0.5, 0.6) is 0 Å². The maximum Gasteiger partial charge on any atom is 0.271 e. The van der Waals surface area contributed by atoms with E-state index in [0.717, 1.165) is 11.3 Å². The second kappa shape index (κ2) is 6.45. The Labute approximate surface area is 118 Å². The highest BCUT2D eigenvalue weighted by atomic mass is 16.5. The summed E-state index contributed by atoms with van der Waals surface area (Å²) in [6.45, 7) is 2.64. The fourth-order valence-corrected chi connectivity index (χ4v) is 1.97. The number of rotatable bonds is 5. The molecule has 1 unspecified atom stereocenters. The molecule has 0 saturated heterocycles. The Kier molecular flexibility index (Phi) is 4.65. The van der Waals surface area contributed by atoms with E-state index >= 15 is 0 Å². The largest absolute Gasteiger partial charge is 0.383 e. The van der Waals surface area contributed by atoms with Gasteiger partial charge in [0.2, 0.25) is 0 Å². The molecule has 1 aromatic carbocycles. The van der Waals surface area contributed by atoms with E-state index in [9.17, 15) is 4.79 Å². The Bertz CT molecular complexity index is 621. The van der Waals surface area contributed by atoms with Gasteiger partial charge in [0, 0.05) is 24.3 Å². The number of hydrogen-bond donors (Lipinski definition) is 1. The fourth-order valence-electron chi connectivity index (χ4n) is 1.97. The Hall–Kier alpha value is -1.98. The molecule has 1 heterocycles. The fraction of sp³-hybridized carbons (Fsp3) is 0.333. The molecule has 0 amide bonds. The van der Waals surface area contributed by atoms with Gasteiger partial charge in [-0.3, -0.25) is 4.79 Å². The van der Waals surface area contributed by atoms with E-state index in [1.165, 1.54) is 4.68 Å². The van der Waals surface area contributed by atoms with E-state index in [-0.39, 0.29) is 11.6 Å². The van der Waals surface area contributed by atoms with Gasteiger partial charge in [-0.25, -0.2) is 4.68 Å². The highest BCUT2D eigenvalue weighted by Gasteiger charge is 2.12. The summed E-state index contributed by atoms with van der Waals surface area (Å²) in [5, 5.41) is 4.39. The van der Waals surface area contributed by atoms with Crippen LogP contribution in [0, 0.1) is 0 Å². The molecule has 0 fully saturated rings. The van der Waals surface area contributed by atoms with E-state index in [4.69, 9.17) is 10.5 Å². The first-order valence-electron chi connectivity index (χ1n) is 6.55. The van der Waals surface area contributed by atoms with Crippen LogP contribution in [-0.2, 0) is 11.3 Å². The van der Waals surface area contributed by atoms with Gasteiger partial charge in [0.1, 0.15) is 0 Å². The normalized spacial score (nSPS) is 12.3. The first-order valence-corrected chi connectivity index (χ1v) is 6.55. The molecule has 0 bridgehead atoms. The van der Waals surface area contributed by atoms with Crippen molar-refractivity contribution >= 4 is 0 Å². The van der Waals surface area contributed by atoms with E-state index in [0.29, 0.717) is 18.7 Å².